The average Bonchev–Trinajstić information content (AvgIpc) is 3.37. The van der Waals surface area contributed by atoms with E-state index in [-0.39, 0.29) is 5.91 Å². The van der Waals surface area contributed by atoms with Crippen LogP contribution >= 0.6 is 11.5 Å². The summed E-state index contributed by atoms with van der Waals surface area (Å²) < 4.78 is 11.7. The van der Waals surface area contributed by atoms with Gasteiger partial charge < -0.3 is 20.3 Å². The van der Waals surface area contributed by atoms with E-state index in [0.29, 0.717) is 40.5 Å². The summed E-state index contributed by atoms with van der Waals surface area (Å²) in [5.74, 6) is 0.473. The molecular formula is C22H25N7O2S. The Balaban J connectivity index is 1.47. The normalized spacial score (nSPS) is 18.9. The predicted molar refractivity (Wildman–Crippen MR) is 126 cm³/mol. The molecule has 1 fully saturated rings. The number of ether oxygens (including phenoxy) is 1. The number of anilines is 2. The van der Waals surface area contributed by atoms with E-state index in [0.717, 1.165) is 29.9 Å². The quantitative estimate of drug-likeness (QED) is 0.492. The lowest BCUT2D eigenvalue weighted by molar-refractivity contribution is 0.102. The van der Waals surface area contributed by atoms with E-state index in [2.05, 4.69) is 43.7 Å². The number of carbonyl (C=O) groups is 1. The van der Waals surface area contributed by atoms with Gasteiger partial charge in [-0.2, -0.15) is 9.36 Å². The van der Waals surface area contributed by atoms with E-state index >= 15 is 0 Å². The SMILES string of the molecule is COc1nc(NC(=O)c2ccc(N3C[C@@H](C)N[C@H](C)C3)c3csnc23)cn2cc(C)nc12. The molecule has 1 aliphatic rings. The van der Waals surface area contributed by atoms with Crippen LogP contribution < -0.4 is 20.3 Å². The maximum Gasteiger partial charge on any atom is 0.260 e. The molecule has 0 spiro atoms. The van der Waals surface area contributed by atoms with Crippen molar-refractivity contribution in [3.8, 4) is 5.88 Å². The molecule has 166 valence electrons. The summed E-state index contributed by atoms with van der Waals surface area (Å²) >= 11 is 1.36. The summed E-state index contributed by atoms with van der Waals surface area (Å²) in [4.78, 5) is 24.4. The van der Waals surface area contributed by atoms with Gasteiger partial charge >= 0.3 is 0 Å². The van der Waals surface area contributed by atoms with Gasteiger partial charge in [-0.3, -0.25) is 9.20 Å². The fraction of sp³-hybridized carbons (Fsp3) is 0.364. The van der Waals surface area contributed by atoms with Crippen LogP contribution in [0.2, 0.25) is 0 Å². The molecule has 1 saturated heterocycles. The van der Waals surface area contributed by atoms with Crippen LogP contribution in [-0.4, -0.2) is 56.9 Å². The molecule has 32 heavy (non-hydrogen) atoms. The van der Waals surface area contributed by atoms with Crippen LogP contribution in [0.4, 0.5) is 11.5 Å². The van der Waals surface area contributed by atoms with Gasteiger partial charge in [-0.1, -0.05) is 0 Å². The topological polar surface area (TPSA) is 96.7 Å². The van der Waals surface area contributed by atoms with E-state index in [9.17, 15) is 4.79 Å². The number of rotatable bonds is 4. The lowest BCUT2D eigenvalue weighted by Crippen LogP contribution is -2.54. The van der Waals surface area contributed by atoms with Crippen molar-refractivity contribution < 1.29 is 9.53 Å². The van der Waals surface area contributed by atoms with Gasteiger partial charge in [-0.05, 0) is 44.4 Å². The number of nitrogens with one attached hydrogen (secondary N) is 2. The minimum absolute atomic E-state index is 0.264. The molecule has 1 aromatic carbocycles. The smallest absolute Gasteiger partial charge is 0.260 e. The summed E-state index contributed by atoms with van der Waals surface area (Å²) in [5.41, 5.74) is 3.78. The first-order valence-electron chi connectivity index (χ1n) is 10.5. The number of nitrogens with zero attached hydrogens (tertiary/aromatic N) is 5. The Morgan fingerprint density at radius 1 is 1.22 bits per heavy atom. The predicted octanol–water partition coefficient (Wildman–Crippen LogP) is 3.09. The molecule has 2 atom stereocenters. The first kappa shape index (κ1) is 20.7. The van der Waals surface area contributed by atoms with Gasteiger partial charge in [0, 0.05) is 47.8 Å². The number of benzene rings is 1. The Morgan fingerprint density at radius 3 is 2.75 bits per heavy atom. The zero-order valence-corrected chi connectivity index (χ0v) is 19.2. The Kier molecular flexibility index (Phi) is 5.18. The molecule has 0 aliphatic carbocycles. The Labute approximate surface area is 189 Å². The van der Waals surface area contributed by atoms with Gasteiger partial charge in [0.15, 0.2) is 5.82 Å². The highest BCUT2D eigenvalue weighted by atomic mass is 32.1. The highest BCUT2D eigenvalue weighted by molar-refractivity contribution is 7.05. The van der Waals surface area contributed by atoms with Crippen molar-refractivity contribution in [2.24, 2.45) is 0 Å². The van der Waals surface area contributed by atoms with Crippen molar-refractivity contribution in [2.45, 2.75) is 32.9 Å². The molecule has 9 nitrogen and oxygen atoms in total. The maximum absolute atomic E-state index is 13.2. The molecule has 4 heterocycles. The molecular weight excluding hydrogens is 426 g/mol. The van der Waals surface area contributed by atoms with Gasteiger partial charge in [0.05, 0.1) is 30.1 Å². The second kappa shape index (κ2) is 8.03. The molecule has 0 saturated carbocycles. The van der Waals surface area contributed by atoms with Crippen LogP contribution in [0.15, 0.2) is 29.9 Å². The van der Waals surface area contributed by atoms with Crippen molar-refractivity contribution in [3.05, 3.63) is 41.2 Å². The van der Waals surface area contributed by atoms with Crippen LogP contribution in [0.1, 0.15) is 29.9 Å². The van der Waals surface area contributed by atoms with E-state index in [1.165, 1.54) is 18.6 Å². The monoisotopic (exact) mass is 451 g/mol. The highest BCUT2D eigenvalue weighted by Gasteiger charge is 2.24. The number of imidazole rings is 1. The summed E-state index contributed by atoms with van der Waals surface area (Å²) in [5, 5.41) is 9.46. The number of piperazine rings is 1. The number of aromatic nitrogens is 4. The van der Waals surface area contributed by atoms with Crippen LogP contribution in [0.5, 0.6) is 5.88 Å². The molecule has 10 heteroatoms. The Morgan fingerprint density at radius 2 is 2.00 bits per heavy atom. The summed E-state index contributed by atoms with van der Waals surface area (Å²) in [6.07, 6.45) is 3.59. The summed E-state index contributed by atoms with van der Waals surface area (Å²) in [6, 6.07) is 4.66. The fourth-order valence-electron chi connectivity index (χ4n) is 4.40. The maximum atomic E-state index is 13.2. The van der Waals surface area contributed by atoms with Gasteiger partial charge in [0.2, 0.25) is 5.65 Å². The van der Waals surface area contributed by atoms with Gasteiger partial charge in [0.1, 0.15) is 0 Å². The second-order valence-corrected chi connectivity index (χ2v) is 8.91. The van der Waals surface area contributed by atoms with E-state index < -0.39 is 0 Å². The van der Waals surface area contributed by atoms with Crippen LogP contribution in [0.3, 0.4) is 0 Å². The zero-order chi connectivity index (χ0) is 22.4. The van der Waals surface area contributed by atoms with E-state index in [1.54, 1.807) is 10.6 Å². The Hall–Kier alpha value is -3.24. The first-order valence-corrected chi connectivity index (χ1v) is 11.4. The Bertz CT molecular complexity index is 1300. The molecule has 0 radical (unpaired) electrons. The van der Waals surface area contributed by atoms with Crippen molar-refractivity contribution >= 4 is 45.5 Å². The third-order valence-electron chi connectivity index (χ3n) is 5.61. The second-order valence-electron chi connectivity index (χ2n) is 8.29. The zero-order valence-electron chi connectivity index (χ0n) is 18.4. The highest BCUT2D eigenvalue weighted by Crippen LogP contribution is 2.32. The third kappa shape index (κ3) is 3.65. The molecule has 0 unspecified atom stereocenters. The summed E-state index contributed by atoms with van der Waals surface area (Å²) in [6.45, 7) is 8.09. The van der Waals surface area contributed by atoms with Gasteiger partial charge in [0.25, 0.3) is 11.8 Å². The lowest BCUT2D eigenvalue weighted by Gasteiger charge is -2.38. The van der Waals surface area contributed by atoms with E-state index in [1.807, 2.05) is 30.6 Å². The molecule has 0 bridgehead atoms. The molecule has 3 aromatic heterocycles. The van der Waals surface area contributed by atoms with E-state index in [4.69, 9.17) is 4.74 Å². The van der Waals surface area contributed by atoms with Crippen molar-refractivity contribution in [1.82, 2.24) is 24.1 Å². The number of aryl methyl sites for hydroxylation is 1. The number of methoxy groups -OCH3 is 1. The third-order valence-corrected chi connectivity index (χ3v) is 6.24. The average molecular weight is 452 g/mol. The number of carbonyl (C=O) groups excluding carboxylic acids is 1. The van der Waals surface area contributed by atoms with Crippen molar-refractivity contribution in [1.29, 1.82) is 0 Å². The molecule has 1 amide bonds. The van der Waals surface area contributed by atoms with Gasteiger partial charge in [-0.15, -0.1) is 0 Å². The van der Waals surface area contributed by atoms with Crippen molar-refractivity contribution in [3.63, 3.8) is 0 Å². The first-order chi connectivity index (χ1) is 15.4. The fourth-order valence-corrected chi connectivity index (χ4v) is 5.09. The molecule has 5 rings (SSSR count). The van der Waals surface area contributed by atoms with Crippen LogP contribution in [0, 0.1) is 6.92 Å². The largest absolute Gasteiger partial charge is 0.478 e. The number of hydrogen-bond acceptors (Lipinski definition) is 8. The number of hydrogen-bond donors (Lipinski definition) is 2. The number of fused-ring (bicyclic) bond motifs is 2. The molecule has 2 N–H and O–H groups in total. The molecule has 4 aromatic rings. The van der Waals surface area contributed by atoms with Crippen LogP contribution in [-0.2, 0) is 0 Å². The van der Waals surface area contributed by atoms with Crippen LogP contribution in [0.25, 0.3) is 16.6 Å². The van der Waals surface area contributed by atoms with Crippen molar-refractivity contribution in [2.75, 3.05) is 30.4 Å². The minimum Gasteiger partial charge on any atom is -0.478 e. The van der Waals surface area contributed by atoms with Gasteiger partial charge in [-0.25, -0.2) is 4.98 Å². The minimum atomic E-state index is -0.264. The lowest BCUT2D eigenvalue weighted by atomic mass is 10.1. The standard InChI is InChI=1S/C22H25N7O2S/c1-12-7-28(8-13(2)23-12)17-6-5-15(19-16(17)11-32-27-19)21(30)25-18-10-29-9-14(3)24-20(29)22(26-18)31-4/h5-6,9-13,23H,7-8H2,1-4H3,(H,25,30)/t12-,13-/m1/s1. The number of amides is 1. The summed E-state index contributed by atoms with van der Waals surface area (Å²) in [7, 11) is 1.54. The molecule has 1 aliphatic heterocycles.